The maximum Gasteiger partial charge on any atom is 0.244 e. The molecule has 4 rings (SSSR count). The van der Waals surface area contributed by atoms with Crippen LogP contribution in [0.15, 0.2) is 46.9 Å². The van der Waals surface area contributed by atoms with Gasteiger partial charge in [0, 0.05) is 21.6 Å². The summed E-state index contributed by atoms with van der Waals surface area (Å²) in [7, 11) is 0. The van der Waals surface area contributed by atoms with Crippen LogP contribution in [0.5, 0.6) is 0 Å². The van der Waals surface area contributed by atoms with Crippen molar-refractivity contribution in [2.24, 2.45) is 5.92 Å². The van der Waals surface area contributed by atoms with Crippen molar-refractivity contribution in [2.45, 2.75) is 18.9 Å². The summed E-state index contributed by atoms with van der Waals surface area (Å²) in [6.07, 6.45) is 1.72. The van der Waals surface area contributed by atoms with Crippen LogP contribution in [-0.2, 0) is 9.59 Å². The number of anilines is 1. The molecule has 1 atom stereocenters. The number of nitrogens with one attached hydrogen (secondary N) is 1. The lowest BCUT2D eigenvalue weighted by atomic mass is 9.95. The van der Waals surface area contributed by atoms with Crippen LogP contribution in [0.3, 0.4) is 0 Å². The third-order valence-electron chi connectivity index (χ3n) is 4.60. The van der Waals surface area contributed by atoms with Gasteiger partial charge < -0.3 is 10.2 Å². The molecule has 0 spiro atoms. The Morgan fingerprint density at radius 2 is 1.88 bits per heavy atom. The largest absolute Gasteiger partial charge is 0.324 e. The van der Waals surface area contributed by atoms with E-state index in [9.17, 15) is 14.0 Å². The van der Waals surface area contributed by atoms with Crippen LogP contribution in [0.1, 0.15) is 30.0 Å². The highest BCUT2D eigenvalue weighted by Crippen LogP contribution is 2.40. The summed E-state index contributed by atoms with van der Waals surface area (Å²) >= 11 is 3.46. The third kappa shape index (κ3) is 3.18. The van der Waals surface area contributed by atoms with Crippen molar-refractivity contribution in [1.29, 1.82) is 0 Å². The number of carbonyl (C=O) groups excluding carboxylic acids is 2. The minimum atomic E-state index is -0.430. The van der Waals surface area contributed by atoms with Crippen molar-refractivity contribution in [2.75, 3.05) is 11.9 Å². The molecule has 2 aliphatic rings. The number of amides is 2. The minimum Gasteiger partial charge on any atom is -0.324 e. The third-order valence-corrected chi connectivity index (χ3v) is 5.10. The maximum atomic E-state index is 13.4. The molecule has 1 aliphatic carbocycles. The fourth-order valence-corrected chi connectivity index (χ4v) is 3.63. The molecule has 0 radical (unpaired) electrons. The van der Waals surface area contributed by atoms with Gasteiger partial charge in [0.05, 0.1) is 6.04 Å². The predicted molar refractivity (Wildman–Crippen MR) is 95.5 cm³/mol. The van der Waals surface area contributed by atoms with E-state index in [-0.39, 0.29) is 30.1 Å². The molecule has 25 heavy (non-hydrogen) atoms. The van der Waals surface area contributed by atoms with Crippen molar-refractivity contribution >= 4 is 33.4 Å². The molecule has 1 N–H and O–H groups in total. The normalized spacial score (nSPS) is 19.8. The van der Waals surface area contributed by atoms with Crippen LogP contribution in [0.2, 0.25) is 0 Å². The highest BCUT2D eigenvalue weighted by molar-refractivity contribution is 9.10. The minimum absolute atomic E-state index is 0.00977. The maximum absolute atomic E-state index is 13.4. The highest BCUT2D eigenvalue weighted by Gasteiger charge is 2.40. The van der Waals surface area contributed by atoms with Crippen molar-refractivity contribution in [3.05, 3.63) is 63.9 Å². The van der Waals surface area contributed by atoms with E-state index in [2.05, 4.69) is 21.2 Å². The molecule has 1 saturated carbocycles. The fraction of sp³-hybridized carbons (Fsp3) is 0.263. The van der Waals surface area contributed by atoms with Crippen molar-refractivity contribution < 1.29 is 14.0 Å². The Hall–Kier alpha value is -2.21. The summed E-state index contributed by atoms with van der Waals surface area (Å²) in [5, 5.41) is 2.88. The molecule has 1 heterocycles. The monoisotopic (exact) mass is 402 g/mol. The van der Waals surface area contributed by atoms with Crippen LogP contribution in [0.25, 0.3) is 0 Å². The molecule has 2 aromatic rings. The van der Waals surface area contributed by atoms with E-state index >= 15 is 0 Å². The Balaban J connectivity index is 1.88. The average molecular weight is 403 g/mol. The molecular weight excluding hydrogens is 387 g/mol. The number of halogens is 2. The Bertz CT molecular complexity index is 849. The van der Waals surface area contributed by atoms with E-state index in [1.165, 1.54) is 12.1 Å². The second kappa shape index (κ2) is 6.26. The Kier molecular flexibility index (Phi) is 4.07. The van der Waals surface area contributed by atoms with Gasteiger partial charge in [0.25, 0.3) is 0 Å². The Morgan fingerprint density at radius 3 is 2.56 bits per heavy atom. The molecular formula is C19H16BrFN2O2. The number of fused-ring (bicyclic) bond motifs is 1. The molecule has 1 aliphatic heterocycles. The second-order valence-electron chi connectivity index (χ2n) is 6.47. The zero-order chi connectivity index (χ0) is 17.6. The van der Waals surface area contributed by atoms with Crippen LogP contribution in [0.4, 0.5) is 10.1 Å². The lowest BCUT2D eigenvalue weighted by molar-refractivity contribution is -0.137. The van der Waals surface area contributed by atoms with Gasteiger partial charge in [-0.25, -0.2) is 4.39 Å². The van der Waals surface area contributed by atoms with Crippen molar-refractivity contribution in [3.8, 4) is 0 Å². The smallest absolute Gasteiger partial charge is 0.244 e. The first-order chi connectivity index (χ1) is 12.0. The number of hydrogen-bond acceptors (Lipinski definition) is 2. The molecule has 0 aromatic heterocycles. The van der Waals surface area contributed by atoms with Crippen molar-refractivity contribution in [3.63, 3.8) is 0 Å². The van der Waals surface area contributed by atoms with Crippen molar-refractivity contribution in [1.82, 2.24) is 4.90 Å². The summed E-state index contributed by atoms with van der Waals surface area (Å²) in [6.45, 7) is -0.0102. The number of benzene rings is 2. The van der Waals surface area contributed by atoms with E-state index in [0.29, 0.717) is 5.69 Å². The molecule has 4 nitrogen and oxygen atoms in total. The average Bonchev–Trinajstić information content (AvgIpc) is 3.42. The zero-order valence-corrected chi connectivity index (χ0v) is 14.9. The number of rotatable bonds is 2. The topological polar surface area (TPSA) is 49.4 Å². The van der Waals surface area contributed by atoms with Gasteiger partial charge in [0.2, 0.25) is 11.8 Å². The van der Waals surface area contributed by atoms with E-state index in [4.69, 9.17) is 0 Å². The lowest BCUT2D eigenvalue weighted by Gasteiger charge is -2.30. The van der Waals surface area contributed by atoms with Gasteiger partial charge in [-0.15, -0.1) is 0 Å². The van der Waals surface area contributed by atoms with Gasteiger partial charge in [-0.05, 0) is 48.7 Å². The molecule has 0 unspecified atom stereocenters. The van der Waals surface area contributed by atoms with Crippen LogP contribution < -0.4 is 5.32 Å². The summed E-state index contributed by atoms with van der Waals surface area (Å²) in [5.74, 6) is -0.579. The molecule has 6 heteroatoms. The van der Waals surface area contributed by atoms with Crippen LogP contribution >= 0.6 is 15.9 Å². The molecule has 0 bridgehead atoms. The van der Waals surface area contributed by atoms with E-state index in [1.54, 1.807) is 17.0 Å². The summed E-state index contributed by atoms with van der Waals surface area (Å²) in [5.41, 5.74) is 2.28. The summed E-state index contributed by atoms with van der Waals surface area (Å²) < 4.78 is 14.3. The quantitative estimate of drug-likeness (QED) is 0.828. The first-order valence-corrected chi connectivity index (χ1v) is 8.97. The van der Waals surface area contributed by atoms with E-state index in [0.717, 1.165) is 28.4 Å². The second-order valence-corrected chi connectivity index (χ2v) is 7.39. The summed E-state index contributed by atoms with van der Waals surface area (Å²) in [6, 6.07) is 11.3. The van der Waals surface area contributed by atoms with Gasteiger partial charge in [-0.3, -0.25) is 9.59 Å². The van der Waals surface area contributed by atoms with E-state index < -0.39 is 6.04 Å². The van der Waals surface area contributed by atoms with Gasteiger partial charge in [-0.1, -0.05) is 28.1 Å². The molecule has 2 aromatic carbocycles. The first kappa shape index (κ1) is 16.3. The molecule has 0 saturated heterocycles. The fourth-order valence-electron chi connectivity index (χ4n) is 3.25. The van der Waals surface area contributed by atoms with Gasteiger partial charge >= 0.3 is 0 Å². The molecule has 128 valence electrons. The van der Waals surface area contributed by atoms with E-state index in [1.807, 2.05) is 18.2 Å². The standard InChI is InChI=1S/C19H16BrFN2O2/c20-13-5-8-16-15(9-13)18(11-3-6-14(21)7-4-11)23(10-17(24)22-16)19(25)12-1-2-12/h3-9,12,18H,1-2,10H2,(H,22,24)/t18-/m0/s1. The van der Waals surface area contributed by atoms with Gasteiger partial charge in [0.15, 0.2) is 0 Å². The Labute approximate surface area is 153 Å². The number of hydrogen-bond donors (Lipinski definition) is 1. The summed E-state index contributed by atoms with van der Waals surface area (Å²) in [4.78, 5) is 26.8. The highest BCUT2D eigenvalue weighted by atomic mass is 79.9. The van der Waals surface area contributed by atoms with Crippen LogP contribution in [0, 0.1) is 11.7 Å². The van der Waals surface area contributed by atoms with Gasteiger partial charge in [0.1, 0.15) is 12.4 Å². The molecule has 2 amide bonds. The molecule has 1 fully saturated rings. The first-order valence-electron chi connectivity index (χ1n) is 8.18. The SMILES string of the molecule is O=C1CN(C(=O)C2CC2)[C@@H](c2ccc(F)cc2)c2cc(Br)ccc2N1. The predicted octanol–water partition coefficient (Wildman–Crippen LogP) is 3.87. The van der Waals surface area contributed by atoms with Gasteiger partial charge in [-0.2, -0.15) is 0 Å². The Morgan fingerprint density at radius 1 is 1.16 bits per heavy atom. The lowest BCUT2D eigenvalue weighted by Crippen LogP contribution is -2.39. The zero-order valence-electron chi connectivity index (χ0n) is 13.3. The number of carbonyl (C=O) groups is 2. The number of nitrogens with zero attached hydrogens (tertiary/aromatic N) is 1. The van der Waals surface area contributed by atoms with Crippen LogP contribution in [-0.4, -0.2) is 23.3 Å².